The number of hydrogen-bond donors (Lipinski definition) is 2. The summed E-state index contributed by atoms with van der Waals surface area (Å²) >= 11 is 1.03. The molecular weight excluding hydrogens is 294 g/mol. The minimum Gasteiger partial charge on any atom is -0.497 e. The fourth-order valence-corrected chi connectivity index (χ4v) is 2.41. The van der Waals surface area contributed by atoms with Crippen LogP contribution in [-0.4, -0.2) is 40.7 Å². The predicted octanol–water partition coefficient (Wildman–Crippen LogP) is 1.09. The molecule has 1 aliphatic heterocycles. The van der Waals surface area contributed by atoms with Crippen LogP contribution in [0, 0.1) is 0 Å². The number of carboxylic acid groups (broad SMARTS) is 1. The second kappa shape index (κ2) is 6.89. The number of ether oxygens (including phenoxy) is 1. The van der Waals surface area contributed by atoms with Gasteiger partial charge in [-0.1, -0.05) is 11.8 Å². The van der Waals surface area contributed by atoms with Crippen LogP contribution in [0.25, 0.3) is 0 Å². The Hall–Kier alpha value is -2.35. The summed E-state index contributed by atoms with van der Waals surface area (Å²) in [5.41, 5.74) is 3.11. The molecule has 21 heavy (non-hydrogen) atoms. The number of amides is 1. The van der Waals surface area contributed by atoms with Crippen LogP contribution in [-0.2, 0) is 9.59 Å². The van der Waals surface area contributed by atoms with E-state index in [-0.39, 0.29) is 6.42 Å². The van der Waals surface area contributed by atoms with Gasteiger partial charge in [0, 0.05) is 6.21 Å². The monoisotopic (exact) mass is 307 g/mol. The van der Waals surface area contributed by atoms with Crippen molar-refractivity contribution in [1.29, 1.82) is 0 Å². The van der Waals surface area contributed by atoms with Gasteiger partial charge in [-0.05, 0) is 29.8 Å². The number of aliphatic imine (C=N–C) groups is 1. The van der Waals surface area contributed by atoms with Crippen LogP contribution in [0.1, 0.15) is 12.0 Å². The number of rotatable bonds is 4. The number of carbonyl (C=O) groups excluding carboxylic acids is 1. The summed E-state index contributed by atoms with van der Waals surface area (Å²) in [7, 11) is 1.59. The van der Waals surface area contributed by atoms with Gasteiger partial charge in [0.2, 0.25) is 5.17 Å². The summed E-state index contributed by atoms with van der Waals surface area (Å²) in [5, 5.41) is 12.1. The maximum absolute atomic E-state index is 11.5. The lowest BCUT2D eigenvalue weighted by Crippen LogP contribution is -2.35. The molecule has 2 rings (SSSR count). The maximum Gasteiger partial charge on any atom is 0.305 e. The number of thioether (sulfide) groups is 1. The van der Waals surface area contributed by atoms with Gasteiger partial charge in [-0.15, -0.1) is 5.10 Å². The molecule has 0 unspecified atom stereocenters. The highest BCUT2D eigenvalue weighted by Gasteiger charge is 2.27. The van der Waals surface area contributed by atoms with Crippen LogP contribution >= 0.6 is 11.8 Å². The molecular formula is C13H13N3O4S. The second-order valence-electron chi connectivity index (χ2n) is 4.11. The van der Waals surface area contributed by atoms with Crippen molar-refractivity contribution in [3.63, 3.8) is 0 Å². The third-order valence-corrected chi connectivity index (χ3v) is 3.67. The van der Waals surface area contributed by atoms with Crippen LogP contribution in [0.15, 0.2) is 34.4 Å². The number of benzene rings is 1. The smallest absolute Gasteiger partial charge is 0.305 e. The van der Waals surface area contributed by atoms with E-state index in [2.05, 4.69) is 15.5 Å². The Bertz CT molecular complexity index is 598. The molecule has 0 saturated carbocycles. The molecule has 0 saturated heterocycles. The normalized spacial score (nSPS) is 18.2. The number of hydrazone groups is 1. The van der Waals surface area contributed by atoms with E-state index in [9.17, 15) is 9.59 Å². The molecule has 1 aromatic carbocycles. The third-order valence-electron chi connectivity index (χ3n) is 2.60. The van der Waals surface area contributed by atoms with E-state index < -0.39 is 17.1 Å². The van der Waals surface area contributed by atoms with Crippen LogP contribution in [0.2, 0.25) is 0 Å². The topological polar surface area (TPSA) is 100 Å². The lowest BCUT2D eigenvalue weighted by molar-refractivity contribution is -0.138. The summed E-state index contributed by atoms with van der Waals surface area (Å²) in [6.45, 7) is 0. The molecule has 1 heterocycles. The molecule has 1 aliphatic rings. The zero-order valence-corrected chi connectivity index (χ0v) is 12.0. The molecule has 7 nitrogen and oxygen atoms in total. The number of nitrogens with zero attached hydrogens (tertiary/aromatic N) is 2. The predicted molar refractivity (Wildman–Crippen MR) is 79.8 cm³/mol. The van der Waals surface area contributed by atoms with Crippen molar-refractivity contribution in [2.75, 3.05) is 7.11 Å². The van der Waals surface area contributed by atoms with Crippen molar-refractivity contribution in [1.82, 2.24) is 5.43 Å². The van der Waals surface area contributed by atoms with Crippen LogP contribution in [0.5, 0.6) is 5.75 Å². The first kappa shape index (κ1) is 15.0. The molecule has 0 bridgehead atoms. The molecule has 2 N–H and O–H groups in total. The molecule has 0 aliphatic carbocycles. The van der Waals surface area contributed by atoms with Crippen LogP contribution in [0.3, 0.4) is 0 Å². The van der Waals surface area contributed by atoms with Crippen molar-refractivity contribution in [2.45, 2.75) is 11.7 Å². The highest BCUT2D eigenvalue weighted by molar-refractivity contribution is 8.15. The highest BCUT2D eigenvalue weighted by Crippen LogP contribution is 2.21. The fraction of sp³-hybridized carbons (Fsp3) is 0.231. The number of hydrogen-bond acceptors (Lipinski definition) is 6. The highest BCUT2D eigenvalue weighted by atomic mass is 32.2. The van der Waals surface area contributed by atoms with E-state index >= 15 is 0 Å². The van der Waals surface area contributed by atoms with Crippen molar-refractivity contribution >= 4 is 35.0 Å². The lowest BCUT2D eigenvalue weighted by atomic mass is 10.2. The van der Waals surface area contributed by atoms with Crippen molar-refractivity contribution < 1.29 is 19.4 Å². The first-order valence-corrected chi connectivity index (χ1v) is 6.90. The Labute approximate surface area is 125 Å². The Balaban J connectivity index is 2.02. The van der Waals surface area contributed by atoms with E-state index in [1.54, 1.807) is 25.5 Å². The van der Waals surface area contributed by atoms with Gasteiger partial charge in [0.05, 0.1) is 13.5 Å². The number of carbonyl (C=O) groups is 2. The molecule has 1 amide bonds. The van der Waals surface area contributed by atoms with Gasteiger partial charge in [-0.3, -0.25) is 9.59 Å². The van der Waals surface area contributed by atoms with Crippen molar-refractivity contribution in [3.05, 3.63) is 29.8 Å². The molecule has 1 atom stereocenters. The Morgan fingerprint density at radius 3 is 2.86 bits per heavy atom. The summed E-state index contributed by atoms with van der Waals surface area (Å²) in [6.07, 6.45) is 1.31. The zero-order chi connectivity index (χ0) is 15.2. The Morgan fingerprint density at radius 2 is 2.24 bits per heavy atom. The largest absolute Gasteiger partial charge is 0.497 e. The lowest BCUT2D eigenvalue weighted by Gasteiger charge is -2.16. The Morgan fingerprint density at radius 1 is 1.52 bits per heavy atom. The average molecular weight is 307 g/mol. The van der Waals surface area contributed by atoms with E-state index in [0.717, 1.165) is 23.1 Å². The quantitative estimate of drug-likeness (QED) is 0.811. The minimum absolute atomic E-state index is 0.270. The summed E-state index contributed by atoms with van der Waals surface area (Å²) in [4.78, 5) is 26.3. The molecule has 0 aromatic heterocycles. The third kappa shape index (κ3) is 4.32. The first-order chi connectivity index (χ1) is 10.1. The van der Waals surface area contributed by atoms with Gasteiger partial charge in [0.1, 0.15) is 11.0 Å². The van der Waals surface area contributed by atoms with Gasteiger partial charge in [0.15, 0.2) is 0 Å². The molecule has 8 heteroatoms. The van der Waals surface area contributed by atoms with Gasteiger partial charge < -0.3 is 9.84 Å². The van der Waals surface area contributed by atoms with Crippen molar-refractivity contribution in [2.24, 2.45) is 10.1 Å². The Kier molecular flexibility index (Phi) is 4.94. The number of aliphatic carboxylic acids is 1. The summed E-state index contributed by atoms with van der Waals surface area (Å²) in [5.74, 6) is -0.723. The van der Waals surface area contributed by atoms with E-state index in [1.165, 1.54) is 0 Å². The molecule has 0 fully saturated rings. The fourth-order valence-electron chi connectivity index (χ4n) is 1.55. The van der Waals surface area contributed by atoms with Crippen LogP contribution < -0.4 is 10.2 Å². The van der Waals surface area contributed by atoms with E-state index in [0.29, 0.717) is 5.17 Å². The summed E-state index contributed by atoms with van der Waals surface area (Å²) < 4.78 is 5.05. The van der Waals surface area contributed by atoms with Crippen LogP contribution in [0.4, 0.5) is 0 Å². The SMILES string of the molecule is COc1ccc(C=NC2=NNC(=O)[C@@H](CC(=O)O)S2)cc1. The van der Waals surface area contributed by atoms with Gasteiger partial charge in [-0.2, -0.15) is 0 Å². The van der Waals surface area contributed by atoms with Gasteiger partial charge >= 0.3 is 5.97 Å². The number of methoxy groups -OCH3 is 1. The van der Waals surface area contributed by atoms with Gasteiger partial charge in [-0.25, -0.2) is 10.4 Å². The number of amidine groups is 1. The molecule has 0 radical (unpaired) electrons. The van der Waals surface area contributed by atoms with E-state index in [1.807, 2.05) is 12.1 Å². The standard InChI is InChI=1S/C13H13N3O4S/c1-20-9-4-2-8(3-5-9)7-14-13-16-15-12(19)10(21-13)6-11(17)18/h2-5,7,10H,6H2,1H3,(H,15,19)(H,17,18)/t10-/m1/s1. The van der Waals surface area contributed by atoms with Gasteiger partial charge in [0.25, 0.3) is 5.91 Å². The summed E-state index contributed by atoms with van der Waals surface area (Å²) in [6, 6.07) is 7.24. The van der Waals surface area contributed by atoms with E-state index in [4.69, 9.17) is 9.84 Å². The zero-order valence-electron chi connectivity index (χ0n) is 11.1. The minimum atomic E-state index is -1.04. The first-order valence-electron chi connectivity index (χ1n) is 6.02. The molecule has 1 aromatic rings. The molecule has 110 valence electrons. The maximum atomic E-state index is 11.5. The average Bonchev–Trinajstić information content (AvgIpc) is 2.48. The number of nitrogens with one attached hydrogen (secondary N) is 1. The molecule has 0 spiro atoms. The number of carboxylic acids is 1. The second-order valence-corrected chi connectivity index (χ2v) is 5.28. The van der Waals surface area contributed by atoms with Crippen molar-refractivity contribution in [3.8, 4) is 5.75 Å².